The Balaban J connectivity index is 1.82. The van der Waals surface area contributed by atoms with Gasteiger partial charge in [-0.25, -0.2) is 0 Å². The van der Waals surface area contributed by atoms with Crippen molar-refractivity contribution in [3.8, 4) is 0 Å². The fraction of sp³-hybridized carbons (Fsp3) is 0.556. The van der Waals surface area contributed by atoms with E-state index in [-0.39, 0.29) is 17.9 Å². The van der Waals surface area contributed by atoms with Gasteiger partial charge in [-0.15, -0.1) is 0 Å². The van der Waals surface area contributed by atoms with Crippen molar-refractivity contribution in [1.29, 1.82) is 0 Å². The van der Waals surface area contributed by atoms with Gasteiger partial charge in [-0.05, 0) is 43.4 Å². The van der Waals surface area contributed by atoms with Crippen molar-refractivity contribution in [2.45, 2.75) is 51.5 Å². The minimum Gasteiger partial charge on any atom is -0.356 e. The number of nitrogens with zero attached hydrogens (tertiary/aromatic N) is 1. The Hall–Kier alpha value is -1.26. The second-order valence-corrected chi connectivity index (χ2v) is 7.03. The van der Waals surface area contributed by atoms with Crippen LogP contribution in [0.1, 0.15) is 57.1 Å². The molecule has 1 saturated heterocycles. The fourth-order valence-corrected chi connectivity index (χ4v) is 3.42. The largest absolute Gasteiger partial charge is 0.356 e. The Morgan fingerprint density at radius 1 is 1.21 bits per heavy atom. The van der Waals surface area contributed by atoms with Crippen LogP contribution in [0.15, 0.2) is 18.2 Å². The average Bonchev–Trinajstić information content (AvgIpc) is 3.02. The van der Waals surface area contributed by atoms with Gasteiger partial charge in [0.25, 0.3) is 0 Å². The van der Waals surface area contributed by atoms with Crippen molar-refractivity contribution >= 4 is 35.0 Å². The lowest BCUT2D eigenvalue weighted by molar-refractivity contribution is -0.132. The summed E-state index contributed by atoms with van der Waals surface area (Å²) in [6, 6.07) is 5.72. The number of nitrogens with one attached hydrogen (secondary N) is 1. The SMILES string of the molecule is CC(=O)NCCCCCC(=O)N1CCC[C@H]1c1ccc(Cl)c(Cl)c1. The molecule has 4 nitrogen and oxygen atoms in total. The molecule has 1 aromatic carbocycles. The summed E-state index contributed by atoms with van der Waals surface area (Å²) in [6.45, 7) is 2.99. The molecule has 2 rings (SSSR count). The summed E-state index contributed by atoms with van der Waals surface area (Å²) < 4.78 is 0. The van der Waals surface area contributed by atoms with E-state index in [1.807, 2.05) is 17.0 Å². The molecule has 6 heteroatoms. The lowest BCUT2D eigenvalue weighted by Gasteiger charge is -2.25. The number of hydrogen-bond donors (Lipinski definition) is 1. The smallest absolute Gasteiger partial charge is 0.223 e. The van der Waals surface area contributed by atoms with Crippen LogP contribution in [-0.4, -0.2) is 29.8 Å². The molecular formula is C18H24Cl2N2O2. The first-order valence-corrected chi connectivity index (χ1v) is 9.23. The quantitative estimate of drug-likeness (QED) is 0.725. The molecule has 0 unspecified atom stereocenters. The first-order valence-electron chi connectivity index (χ1n) is 8.48. The molecule has 0 saturated carbocycles. The molecule has 1 atom stereocenters. The summed E-state index contributed by atoms with van der Waals surface area (Å²) in [5.41, 5.74) is 1.06. The lowest BCUT2D eigenvalue weighted by atomic mass is 10.0. The number of halogens is 2. The highest BCUT2D eigenvalue weighted by molar-refractivity contribution is 6.42. The first kappa shape index (κ1) is 19.1. The number of benzene rings is 1. The number of carbonyl (C=O) groups is 2. The van der Waals surface area contributed by atoms with Crippen molar-refractivity contribution in [1.82, 2.24) is 10.2 Å². The molecule has 24 heavy (non-hydrogen) atoms. The Bertz CT molecular complexity index is 592. The molecule has 1 aromatic rings. The van der Waals surface area contributed by atoms with E-state index in [0.29, 0.717) is 23.0 Å². The first-order chi connectivity index (χ1) is 11.5. The zero-order valence-electron chi connectivity index (χ0n) is 14.0. The molecule has 1 heterocycles. The van der Waals surface area contributed by atoms with Gasteiger partial charge in [0.15, 0.2) is 0 Å². The molecule has 1 aliphatic rings. The Morgan fingerprint density at radius 3 is 2.71 bits per heavy atom. The highest BCUT2D eigenvalue weighted by Crippen LogP contribution is 2.35. The van der Waals surface area contributed by atoms with Gasteiger partial charge >= 0.3 is 0 Å². The van der Waals surface area contributed by atoms with Gasteiger partial charge in [0.1, 0.15) is 0 Å². The maximum Gasteiger partial charge on any atom is 0.223 e. The molecule has 0 radical (unpaired) electrons. The van der Waals surface area contributed by atoms with Crippen LogP contribution >= 0.6 is 23.2 Å². The van der Waals surface area contributed by atoms with E-state index < -0.39 is 0 Å². The highest BCUT2D eigenvalue weighted by Gasteiger charge is 2.29. The summed E-state index contributed by atoms with van der Waals surface area (Å²) >= 11 is 12.1. The number of hydrogen-bond acceptors (Lipinski definition) is 2. The topological polar surface area (TPSA) is 49.4 Å². The zero-order valence-corrected chi connectivity index (χ0v) is 15.5. The van der Waals surface area contributed by atoms with Gasteiger partial charge in [0.2, 0.25) is 11.8 Å². The van der Waals surface area contributed by atoms with Crippen LogP contribution < -0.4 is 5.32 Å². The summed E-state index contributed by atoms with van der Waals surface area (Å²) in [5.74, 6) is 0.190. The summed E-state index contributed by atoms with van der Waals surface area (Å²) in [7, 11) is 0. The Kier molecular flexibility index (Phi) is 7.38. The average molecular weight is 371 g/mol. The molecule has 2 amide bonds. The molecule has 0 aromatic heterocycles. The van der Waals surface area contributed by atoms with Crippen molar-refractivity contribution in [2.24, 2.45) is 0 Å². The Labute approximate surface area is 153 Å². The van der Waals surface area contributed by atoms with Crippen LogP contribution in [0.25, 0.3) is 0 Å². The maximum absolute atomic E-state index is 12.5. The number of rotatable bonds is 7. The van der Waals surface area contributed by atoms with E-state index in [1.165, 1.54) is 6.92 Å². The minimum atomic E-state index is -0.00684. The monoisotopic (exact) mass is 370 g/mol. The maximum atomic E-state index is 12.5. The van der Waals surface area contributed by atoms with Crippen molar-refractivity contribution in [2.75, 3.05) is 13.1 Å². The highest BCUT2D eigenvalue weighted by atomic mass is 35.5. The fourth-order valence-electron chi connectivity index (χ4n) is 3.12. The number of carbonyl (C=O) groups excluding carboxylic acids is 2. The standard InChI is InChI=1S/C18H24Cl2N2O2/c1-13(23)21-10-4-2-3-7-18(24)22-11-5-6-17(22)14-8-9-15(19)16(20)12-14/h8-9,12,17H,2-7,10-11H2,1H3,(H,21,23)/t17-/m0/s1. The number of amides is 2. The molecule has 0 bridgehead atoms. The predicted molar refractivity (Wildman–Crippen MR) is 97.3 cm³/mol. The van der Waals surface area contributed by atoms with Crippen molar-refractivity contribution < 1.29 is 9.59 Å². The van der Waals surface area contributed by atoms with Crippen LogP contribution in [0.2, 0.25) is 10.0 Å². The van der Waals surface area contributed by atoms with Gasteiger partial charge < -0.3 is 10.2 Å². The second kappa shape index (κ2) is 9.28. The van der Waals surface area contributed by atoms with Crippen molar-refractivity contribution in [3.63, 3.8) is 0 Å². The van der Waals surface area contributed by atoms with E-state index in [1.54, 1.807) is 6.07 Å². The van der Waals surface area contributed by atoms with E-state index in [0.717, 1.165) is 44.2 Å². The Morgan fingerprint density at radius 2 is 2.00 bits per heavy atom. The van der Waals surface area contributed by atoms with Crippen LogP contribution in [-0.2, 0) is 9.59 Å². The summed E-state index contributed by atoms with van der Waals surface area (Å²) in [4.78, 5) is 25.3. The molecule has 0 spiro atoms. The van der Waals surface area contributed by atoms with Crippen molar-refractivity contribution in [3.05, 3.63) is 33.8 Å². The van der Waals surface area contributed by atoms with Crippen LogP contribution in [0.4, 0.5) is 0 Å². The summed E-state index contributed by atoms with van der Waals surface area (Å²) in [6.07, 6.45) is 5.23. The van der Waals surface area contributed by atoms with Crippen LogP contribution in [0.5, 0.6) is 0 Å². The van der Waals surface area contributed by atoms with Gasteiger partial charge in [0, 0.05) is 26.4 Å². The molecule has 0 aliphatic carbocycles. The van der Waals surface area contributed by atoms with Gasteiger partial charge in [-0.3, -0.25) is 9.59 Å². The zero-order chi connectivity index (χ0) is 17.5. The van der Waals surface area contributed by atoms with Crippen LogP contribution in [0, 0.1) is 0 Å². The van der Waals surface area contributed by atoms with E-state index in [4.69, 9.17) is 23.2 Å². The van der Waals surface area contributed by atoms with Gasteiger partial charge in [-0.2, -0.15) is 0 Å². The number of unbranched alkanes of at least 4 members (excludes halogenated alkanes) is 2. The molecule has 1 fully saturated rings. The van der Waals surface area contributed by atoms with Gasteiger partial charge in [0.05, 0.1) is 16.1 Å². The van der Waals surface area contributed by atoms with E-state index >= 15 is 0 Å². The third-order valence-electron chi connectivity index (χ3n) is 4.34. The normalized spacial score (nSPS) is 17.1. The predicted octanol–water partition coefficient (Wildman–Crippen LogP) is 4.35. The molecule has 132 valence electrons. The third kappa shape index (κ3) is 5.38. The van der Waals surface area contributed by atoms with E-state index in [9.17, 15) is 9.59 Å². The van der Waals surface area contributed by atoms with E-state index in [2.05, 4.69) is 5.32 Å². The molecular weight excluding hydrogens is 347 g/mol. The third-order valence-corrected chi connectivity index (χ3v) is 5.08. The minimum absolute atomic E-state index is 0.00684. The molecule has 1 N–H and O–H groups in total. The lowest BCUT2D eigenvalue weighted by Crippen LogP contribution is -2.30. The van der Waals surface area contributed by atoms with Gasteiger partial charge in [-0.1, -0.05) is 35.7 Å². The number of likely N-dealkylation sites (tertiary alicyclic amines) is 1. The van der Waals surface area contributed by atoms with Crippen LogP contribution in [0.3, 0.4) is 0 Å². The molecule has 1 aliphatic heterocycles. The summed E-state index contributed by atoms with van der Waals surface area (Å²) in [5, 5.41) is 3.84. The second-order valence-electron chi connectivity index (χ2n) is 6.21.